The lowest BCUT2D eigenvalue weighted by molar-refractivity contribution is 0.0254. The van der Waals surface area contributed by atoms with E-state index in [0.717, 1.165) is 0 Å². The number of rotatable bonds is 1. The van der Waals surface area contributed by atoms with Crippen LogP contribution in [-0.2, 0) is 0 Å². The number of hydrogen-bond acceptors (Lipinski definition) is 3. The zero-order valence-electron chi connectivity index (χ0n) is 8.49. The first-order chi connectivity index (χ1) is 7.64. The van der Waals surface area contributed by atoms with E-state index in [1.807, 2.05) is 12.1 Å². The lowest BCUT2D eigenvalue weighted by Gasteiger charge is -2.12. The first-order valence-electron chi connectivity index (χ1n) is 5.12. The zero-order chi connectivity index (χ0) is 11.2. The number of nitrogens with zero attached hydrogens (tertiary/aromatic N) is 2. The lowest BCUT2D eigenvalue weighted by Crippen LogP contribution is -2.24. The second-order valence-corrected chi connectivity index (χ2v) is 3.99. The standard InChI is InChI=1S/C11H10F2N2O/c12-11(13)5-6-15(7-11)10-14-8-3-1-2-4-9(8)16-10/h1-4H,5-7H2. The van der Waals surface area contributed by atoms with E-state index in [1.54, 1.807) is 12.1 Å². The third-order valence-corrected chi connectivity index (χ3v) is 2.72. The Morgan fingerprint density at radius 2 is 2.12 bits per heavy atom. The Morgan fingerprint density at radius 3 is 2.81 bits per heavy atom. The molecule has 1 saturated heterocycles. The molecule has 84 valence electrons. The number of hydrogen-bond donors (Lipinski definition) is 0. The highest BCUT2D eigenvalue weighted by molar-refractivity contribution is 5.74. The van der Waals surface area contributed by atoms with Crippen molar-refractivity contribution in [3.63, 3.8) is 0 Å². The van der Waals surface area contributed by atoms with Gasteiger partial charge in [0.15, 0.2) is 5.58 Å². The fourth-order valence-corrected chi connectivity index (χ4v) is 1.89. The van der Waals surface area contributed by atoms with Crippen LogP contribution in [0.25, 0.3) is 11.1 Å². The maximum Gasteiger partial charge on any atom is 0.298 e. The van der Waals surface area contributed by atoms with Gasteiger partial charge in [-0.1, -0.05) is 12.1 Å². The van der Waals surface area contributed by atoms with Crippen LogP contribution in [0.3, 0.4) is 0 Å². The molecule has 1 fully saturated rings. The second-order valence-electron chi connectivity index (χ2n) is 3.99. The highest BCUT2D eigenvalue weighted by atomic mass is 19.3. The summed E-state index contributed by atoms with van der Waals surface area (Å²) in [7, 11) is 0. The van der Waals surface area contributed by atoms with Crippen molar-refractivity contribution in [3.05, 3.63) is 24.3 Å². The van der Waals surface area contributed by atoms with Gasteiger partial charge >= 0.3 is 0 Å². The third-order valence-electron chi connectivity index (χ3n) is 2.72. The van der Waals surface area contributed by atoms with Gasteiger partial charge in [0.2, 0.25) is 0 Å². The molecule has 0 amide bonds. The summed E-state index contributed by atoms with van der Waals surface area (Å²) in [6.07, 6.45) is -0.133. The van der Waals surface area contributed by atoms with Crippen molar-refractivity contribution in [1.29, 1.82) is 0 Å². The van der Waals surface area contributed by atoms with Gasteiger partial charge in [0.1, 0.15) is 5.52 Å². The molecule has 0 saturated carbocycles. The minimum atomic E-state index is -2.62. The van der Waals surface area contributed by atoms with E-state index in [9.17, 15) is 8.78 Å². The molecule has 3 rings (SSSR count). The zero-order valence-corrected chi connectivity index (χ0v) is 8.49. The van der Waals surface area contributed by atoms with Gasteiger partial charge < -0.3 is 9.32 Å². The van der Waals surface area contributed by atoms with Crippen molar-refractivity contribution in [2.75, 3.05) is 18.0 Å². The molecule has 0 N–H and O–H groups in total. The number of halogens is 2. The molecule has 3 nitrogen and oxygen atoms in total. The van der Waals surface area contributed by atoms with Crippen molar-refractivity contribution >= 4 is 17.1 Å². The quantitative estimate of drug-likeness (QED) is 0.745. The van der Waals surface area contributed by atoms with E-state index in [0.29, 0.717) is 23.7 Å². The van der Waals surface area contributed by atoms with Crippen LogP contribution in [0.5, 0.6) is 0 Å². The summed E-state index contributed by atoms with van der Waals surface area (Å²) >= 11 is 0. The molecule has 0 bridgehead atoms. The first kappa shape index (κ1) is 9.57. The Labute approximate surface area is 90.7 Å². The molecule has 1 aromatic carbocycles. The molecular weight excluding hydrogens is 214 g/mol. The number of alkyl halides is 2. The van der Waals surface area contributed by atoms with Gasteiger partial charge in [0.25, 0.3) is 11.9 Å². The lowest BCUT2D eigenvalue weighted by atomic mass is 10.3. The highest BCUT2D eigenvalue weighted by Gasteiger charge is 2.39. The maximum atomic E-state index is 13.0. The molecule has 1 aliphatic rings. The van der Waals surface area contributed by atoms with E-state index in [-0.39, 0.29) is 13.0 Å². The summed E-state index contributed by atoms with van der Waals surface area (Å²) in [6, 6.07) is 7.54. The molecule has 0 atom stereocenters. The van der Waals surface area contributed by atoms with Gasteiger partial charge in [-0.25, -0.2) is 8.78 Å². The van der Waals surface area contributed by atoms with Crippen LogP contribution in [0.2, 0.25) is 0 Å². The van der Waals surface area contributed by atoms with Gasteiger partial charge in [0.05, 0.1) is 6.54 Å². The number of benzene rings is 1. The Morgan fingerprint density at radius 1 is 1.31 bits per heavy atom. The highest BCUT2D eigenvalue weighted by Crippen LogP contribution is 2.31. The van der Waals surface area contributed by atoms with Crippen LogP contribution in [-0.4, -0.2) is 24.0 Å². The van der Waals surface area contributed by atoms with Gasteiger partial charge in [-0.3, -0.25) is 0 Å². The molecule has 0 unspecified atom stereocenters. The Kier molecular flexibility index (Phi) is 1.89. The number of anilines is 1. The molecule has 2 heterocycles. The summed E-state index contributed by atoms with van der Waals surface area (Å²) in [5, 5.41) is 0. The summed E-state index contributed by atoms with van der Waals surface area (Å²) < 4.78 is 31.5. The van der Waals surface area contributed by atoms with E-state index in [2.05, 4.69) is 4.98 Å². The molecule has 16 heavy (non-hydrogen) atoms. The third kappa shape index (κ3) is 1.52. The van der Waals surface area contributed by atoms with Crippen molar-refractivity contribution in [2.24, 2.45) is 0 Å². The van der Waals surface area contributed by atoms with Crippen LogP contribution < -0.4 is 4.90 Å². The van der Waals surface area contributed by atoms with E-state index < -0.39 is 5.92 Å². The van der Waals surface area contributed by atoms with Gasteiger partial charge in [-0.2, -0.15) is 4.98 Å². The van der Waals surface area contributed by atoms with Crippen molar-refractivity contribution < 1.29 is 13.2 Å². The van der Waals surface area contributed by atoms with Gasteiger partial charge in [0, 0.05) is 13.0 Å². The second kappa shape index (κ2) is 3.17. The Balaban J connectivity index is 1.95. The maximum absolute atomic E-state index is 13.0. The largest absolute Gasteiger partial charge is 0.423 e. The van der Waals surface area contributed by atoms with E-state index in [4.69, 9.17) is 4.42 Å². The smallest absolute Gasteiger partial charge is 0.298 e. The average molecular weight is 224 g/mol. The molecule has 0 radical (unpaired) electrons. The summed E-state index contributed by atoms with van der Waals surface area (Å²) in [6.45, 7) is -0.0142. The Hall–Kier alpha value is -1.65. The molecule has 1 aliphatic heterocycles. The summed E-state index contributed by atoms with van der Waals surface area (Å²) in [5.41, 5.74) is 1.33. The van der Waals surface area contributed by atoms with E-state index in [1.165, 1.54) is 4.90 Å². The van der Waals surface area contributed by atoms with Crippen molar-refractivity contribution in [2.45, 2.75) is 12.3 Å². The van der Waals surface area contributed by atoms with Gasteiger partial charge in [-0.05, 0) is 12.1 Å². The van der Waals surface area contributed by atoms with Crippen LogP contribution >= 0.6 is 0 Å². The molecule has 2 aromatic rings. The topological polar surface area (TPSA) is 29.3 Å². The summed E-state index contributed by atoms with van der Waals surface area (Å²) in [5.74, 6) is -2.62. The Bertz CT molecular complexity index is 490. The fourth-order valence-electron chi connectivity index (χ4n) is 1.89. The fraction of sp³-hybridized carbons (Fsp3) is 0.364. The average Bonchev–Trinajstić information content (AvgIpc) is 2.80. The number of fused-ring (bicyclic) bond motifs is 1. The molecule has 1 aromatic heterocycles. The number of oxazole rings is 1. The molecule has 0 spiro atoms. The first-order valence-corrected chi connectivity index (χ1v) is 5.12. The van der Waals surface area contributed by atoms with Crippen molar-refractivity contribution in [3.8, 4) is 0 Å². The number of aromatic nitrogens is 1. The monoisotopic (exact) mass is 224 g/mol. The molecule has 0 aliphatic carbocycles. The number of para-hydroxylation sites is 2. The van der Waals surface area contributed by atoms with Gasteiger partial charge in [-0.15, -0.1) is 0 Å². The van der Waals surface area contributed by atoms with Crippen LogP contribution in [0.15, 0.2) is 28.7 Å². The predicted octanol–water partition coefficient (Wildman–Crippen LogP) is 2.67. The minimum Gasteiger partial charge on any atom is -0.423 e. The predicted molar refractivity (Wildman–Crippen MR) is 55.8 cm³/mol. The van der Waals surface area contributed by atoms with E-state index >= 15 is 0 Å². The SMILES string of the molecule is FC1(F)CCN(c2nc3ccccc3o2)C1. The normalized spacial score (nSPS) is 19.5. The van der Waals surface area contributed by atoms with Crippen molar-refractivity contribution in [1.82, 2.24) is 4.98 Å². The van der Waals surface area contributed by atoms with Crippen LogP contribution in [0, 0.1) is 0 Å². The molecule has 5 heteroatoms. The summed E-state index contributed by atoms with van der Waals surface area (Å²) in [4.78, 5) is 5.67. The van der Waals surface area contributed by atoms with Crippen LogP contribution in [0.1, 0.15) is 6.42 Å². The van der Waals surface area contributed by atoms with Crippen LogP contribution in [0.4, 0.5) is 14.8 Å². The molecular formula is C11H10F2N2O. The minimum absolute atomic E-state index is 0.133.